The van der Waals surface area contributed by atoms with Crippen molar-refractivity contribution < 1.29 is 4.74 Å². The second-order valence-electron chi connectivity index (χ2n) is 7.31. The molecule has 6 nitrogen and oxygen atoms in total. The van der Waals surface area contributed by atoms with Crippen LogP contribution in [-0.4, -0.2) is 36.2 Å². The maximum absolute atomic E-state index is 6.02. The highest BCUT2D eigenvalue weighted by Crippen LogP contribution is 2.19. The monoisotopic (exact) mass is 495 g/mol. The average Bonchev–Trinajstić information content (AvgIpc) is 2.63. The van der Waals surface area contributed by atoms with E-state index in [0.717, 1.165) is 30.2 Å². The molecule has 1 aromatic carbocycles. The molecule has 2 heterocycles. The number of anilines is 2. The van der Waals surface area contributed by atoms with Crippen LogP contribution in [0.4, 0.5) is 11.5 Å². The summed E-state index contributed by atoms with van der Waals surface area (Å²) in [6, 6.07) is 10.2. The van der Waals surface area contributed by atoms with E-state index in [9.17, 15) is 0 Å². The molecule has 0 spiro atoms. The maximum Gasteiger partial charge on any atom is 0.193 e. The Morgan fingerprint density at radius 3 is 2.50 bits per heavy atom. The molecule has 0 bridgehead atoms. The normalized spacial score (nSPS) is 19.9. The fourth-order valence-corrected chi connectivity index (χ4v) is 3.25. The molecule has 0 saturated carbocycles. The Morgan fingerprint density at radius 1 is 1.18 bits per heavy atom. The Balaban J connectivity index is 0.00000280. The number of nitrogens with two attached hydrogens (primary N) is 1. The Morgan fingerprint density at radius 2 is 1.89 bits per heavy atom. The zero-order chi connectivity index (χ0) is 19.4. The van der Waals surface area contributed by atoms with E-state index >= 15 is 0 Å². The van der Waals surface area contributed by atoms with E-state index in [1.54, 1.807) is 0 Å². The second kappa shape index (κ2) is 10.1. The molecule has 7 heteroatoms. The van der Waals surface area contributed by atoms with E-state index in [-0.39, 0.29) is 36.2 Å². The van der Waals surface area contributed by atoms with Crippen molar-refractivity contribution in [2.75, 3.05) is 23.3 Å². The number of aryl methyl sites for hydroxylation is 2. The van der Waals surface area contributed by atoms with Crippen molar-refractivity contribution in [1.82, 2.24) is 4.98 Å². The molecule has 1 fully saturated rings. The molecule has 1 aromatic heterocycles. The summed E-state index contributed by atoms with van der Waals surface area (Å²) in [4.78, 5) is 11.3. The van der Waals surface area contributed by atoms with Gasteiger partial charge in [0.25, 0.3) is 0 Å². The van der Waals surface area contributed by atoms with Crippen LogP contribution in [0.25, 0.3) is 0 Å². The highest BCUT2D eigenvalue weighted by Gasteiger charge is 2.22. The van der Waals surface area contributed by atoms with Gasteiger partial charge < -0.3 is 20.7 Å². The topological polar surface area (TPSA) is 75.8 Å². The minimum absolute atomic E-state index is 0. The summed E-state index contributed by atoms with van der Waals surface area (Å²) in [7, 11) is 0. The van der Waals surface area contributed by atoms with Crippen LogP contribution in [0.5, 0.6) is 0 Å². The number of nitrogens with one attached hydrogen (secondary N) is 1. The number of aliphatic imine (C=N–C) groups is 1. The number of guanidine groups is 1. The van der Waals surface area contributed by atoms with Crippen molar-refractivity contribution in [3.63, 3.8) is 0 Å². The van der Waals surface area contributed by atoms with Gasteiger partial charge in [-0.1, -0.05) is 12.1 Å². The van der Waals surface area contributed by atoms with Gasteiger partial charge in [0.05, 0.1) is 18.8 Å². The quantitative estimate of drug-likeness (QED) is 0.383. The van der Waals surface area contributed by atoms with Crippen molar-refractivity contribution in [2.24, 2.45) is 10.7 Å². The van der Waals surface area contributed by atoms with Crippen molar-refractivity contribution in [2.45, 2.75) is 46.4 Å². The van der Waals surface area contributed by atoms with Gasteiger partial charge in [0.2, 0.25) is 0 Å². The van der Waals surface area contributed by atoms with Gasteiger partial charge in [-0.15, -0.1) is 24.0 Å². The molecule has 1 aliphatic heterocycles. The molecular weight excluding hydrogens is 465 g/mol. The third-order valence-electron chi connectivity index (χ3n) is 4.76. The van der Waals surface area contributed by atoms with Gasteiger partial charge in [-0.3, -0.25) is 0 Å². The number of nitrogens with zero attached hydrogens (tertiary/aromatic N) is 3. The number of ether oxygens (including phenoxy) is 1. The van der Waals surface area contributed by atoms with E-state index < -0.39 is 0 Å². The molecule has 2 atom stereocenters. The number of hydrogen-bond donors (Lipinski definition) is 2. The first-order chi connectivity index (χ1) is 12.9. The van der Waals surface area contributed by atoms with Gasteiger partial charge in [-0.05, 0) is 62.6 Å². The van der Waals surface area contributed by atoms with Crippen molar-refractivity contribution in [3.05, 3.63) is 53.2 Å². The van der Waals surface area contributed by atoms with Crippen LogP contribution < -0.4 is 16.0 Å². The lowest BCUT2D eigenvalue weighted by Crippen LogP contribution is -2.45. The standard InChI is InChI=1S/C21H29N5O.HI/c1-14-5-7-19(9-15(14)2)25-21(22)24-11-18-6-8-20(23-10-18)26-12-16(3)27-17(4)13-26;/h5-10,16-17H,11-13H2,1-4H3,(H3,22,24,25);1H. The summed E-state index contributed by atoms with van der Waals surface area (Å²) in [5.74, 6) is 1.38. The number of rotatable bonds is 4. The lowest BCUT2D eigenvalue weighted by molar-refractivity contribution is -0.00545. The molecule has 0 aliphatic carbocycles. The van der Waals surface area contributed by atoms with Gasteiger partial charge in [0.15, 0.2) is 5.96 Å². The first kappa shape index (κ1) is 22.4. The predicted octanol–water partition coefficient (Wildman–Crippen LogP) is 3.86. The molecule has 1 aliphatic rings. The SMILES string of the molecule is Cc1ccc(NC(N)=NCc2ccc(N3CC(C)OC(C)C3)nc2)cc1C.I. The van der Waals surface area contributed by atoms with Gasteiger partial charge in [0, 0.05) is 25.0 Å². The number of benzene rings is 1. The van der Waals surface area contributed by atoms with E-state index in [2.05, 4.69) is 66.1 Å². The van der Waals surface area contributed by atoms with Gasteiger partial charge in [-0.25, -0.2) is 9.98 Å². The summed E-state index contributed by atoms with van der Waals surface area (Å²) in [5, 5.41) is 3.14. The summed E-state index contributed by atoms with van der Waals surface area (Å²) in [5.41, 5.74) is 10.5. The molecule has 3 N–H and O–H groups in total. The molecule has 152 valence electrons. The number of pyridine rings is 1. The van der Waals surface area contributed by atoms with Crippen LogP contribution in [0.1, 0.15) is 30.5 Å². The summed E-state index contributed by atoms with van der Waals surface area (Å²) < 4.78 is 5.78. The minimum atomic E-state index is 0. The minimum Gasteiger partial charge on any atom is -0.372 e. The summed E-state index contributed by atoms with van der Waals surface area (Å²) in [6.45, 7) is 10.6. The average molecular weight is 495 g/mol. The summed E-state index contributed by atoms with van der Waals surface area (Å²) in [6.07, 6.45) is 2.31. The predicted molar refractivity (Wildman–Crippen MR) is 127 cm³/mol. The van der Waals surface area contributed by atoms with E-state index in [1.165, 1.54) is 11.1 Å². The number of aromatic nitrogens is 1. The highest BCUT2D eigenvalue weighted by atomic mass is 127. The Kier molecular flexibility index (Phi) is 8.06. The molecule has 1 saturated heterocycles. The second-order valence-corrected chi connectivity index (χ2v) is 7.31. The van der Waals surface area contributed by atoms with Gasteiger partial charge >= 0.3 is 0 Å². The summed E-state index contributed by atoms with van der Waals surface area (Å²) >= 11 is 0. The van der Waals surface area contributed by atoms with Gasteiger partial charge in [-0.2, -0.15) is 0 Å². The number of halogens is 1. The van der Waals surface area contributed by atoms with Gasteiger partial charge in [0.1, 0.15) is 5.82 Å². The molecule has 2 aromatic rings. The fraction of sp³-hybridized carbons (Fsp3) is 0.429. The van der Waals surface area contributed by atoms with Crippen LogP contribution in [0.3, 0.4) is 0 Å². The largest absolute Gasteiger partial charge is 0.372 e. The molecule has 0 radical (unpaired) electrons. The molecule has 0 amide bonds. The Bertz CT molecular complexity index is 799. The molecular formula is C21H30IN5O. The van der Waals surface area contributed by atoms with Crippen LogP contribution in [0.2, 0.25) is 0 Å². The highest BCUT2D eigenvalue weighted by molar-refractivity contribution is 14.0. The smallest absolute Gasteiger partial charge is 0.193 e. The molecule has 2 unspecified atom stereocenters. The van der Waals surface area contributed by atoms with Crippen LogP contribution >= 0.6 is 24.0 Å². The van der Waals surface area contributed by atoms with Crippen LogP contribution in [-0.2, 0) is 11.3 Å². The van der Waals surface area contributed by atoms with Crippen LogP contribution in [0, 0.1) is 13.8 Å². The Labute approximate surface area is 184 Å². The first-order valence-electron chi connectivity index (χ1n) is 9.40. The lowest BCUT2D eigenvalue weighted by atomic mass is 10.1. The lowest BCUT2D eigenvalue weighted by Gasteiger charge is -2.36. The van der Waals surface area contributed by atoms with Crippen molar-refractivity contribution >= 4 is 41.4 Å². The van der Waals surface area contributed by atoms with E-state index in [1.807, 2.05) is 18.3 Å². The zero-order valence-corrected chi connectivity index (χ0v) is 19.3. The number of morpholine rings is 1. The zero-order valence-electron chi connectivity index (χ0n) is 17.0. The molecule has 3 rings (SSSR count). The maximum atomic E-state index is 6.02. The third-order valence-corrected chi connectivity index (χ3v) is 4.76. The Hall–Kier alpha value is -1.87. The van der Waals surface area contributed by atoms with Crippen molar-refractivity contribution in [1.29, 1.82) is 0 Å². The fourth-order valence-electron chi connectivity index (χ4n) is 3.25. The van der Waals surface area contributed by atoms with Crippen molar-refractivity contribution in [3.8, 4) is 0 Å². The van der Waals surface area contributed by atoms with E-state index in [0.29, 0.717) is 12.5 Å². The number of hydrogen-bond acceptors (Lipinski definition) is 4. The third kappa shape index (κ3) is 6.07. The van der Waals surface area contributed by atoms with Crippen LogP contribution in [0.15, 0.2) is 41.5 Å². The van der Waals surface area contributed by atoms with E-state index in [4.69, 9.17) is 10.5 Å². The molecule has 28 heavy (non-hydrogen) atoms. The first-order valence-corrected chi connectivity index (χ1v) is 9.40.